The molecule has 0 aliphatic carbocycles. The first kappa shape index (κ1) is 16.9. The van der Waals surface area contributed by atoms with Gasteiger partial charge in [-0.1, -0.05) is 0 Å². The van der Waals surface area contributed by atoms with Crippen LogP contribution in [0.4, 0.5) is 18.9 Å². The molecule has 0 aliphatic heterocycles. The largest absolute Gasteiger partial charge is 0.447 e. The molecule has 0 saturated carbocycles. The van der Waals surface area contributed by atoms with Crippen LogP contribution in [-0.4, -0.2) is 36.1 Å². The second-order valence-electron chi connectivity index (χ2n) is 4.60. The number of aromatic nitrogens is 5. The number of thioether (sulfide) groups is 1. The molecule has 0 atom stereocenters. The van der Waals surface area contributed by atoms with Crippen LogP contribution in [0, 0.1) is 0 Å². The average Bonchev–Trinajstić information content (AvgIpc) is 3.09. The lowest BCUT2D eigenvalue weighted by Gasteiger charge is -2.10. The molecule has 0 saturated heterocycles. The third kappa shape index (κ3) is 4.32. The minimum atomic E-state index is -4.54. The zero-order valence-electron chi connectivity index (χ0n) is 12.3. The van der Waals surface area contributed by atoms with Gasteiger partial charge in [0.05, 0.1) is 17.4 Å². The fraction of sp³-hybridized carbons (Fsp3) is 0.0714. The van der Waals surface area contributed by atoms with E-state index in [0.29, 0.717) is 11.5 Å². The number of anilines is 1. The SMILES string of the molecule is O=C(Nc1ccc(-n2cncn2)nc1)c1cccnc1SC(F)(F)F. The molecule has 3 aromatic rings. The van der Waals surface area contributed by atoms with Gasteiger partial charge in [-0.2, -0.15) is 18.3 Å². The van der Waals surface area contributed by atoms with Crippen LogP contribution in [0.25, 0.3) is 5.82 Å². The van der Waals surface area contributed by atoms with E-state index in [-0.39, 0.29) is 5.56 Å². The lowest BCUT2D eigenvalue weighted by molar-refractivity contribution is -0.0329. The highest BCUT2D eigenvalue weighted by Crippen LogP contribution is 2.37. The lowest BCUT2D eigenvalue weighted by atomic mass is 10.2. The van der Waals surface area contributed by atoms with Crippen molar-refractivity contribution < 1.29 is 18.0 Å². The first-order valence-corrected chi connectivity index (χ1v) is 7.57. The molecule has 1 N–H and O–H groups in total. The molecular formula is C14H9F3N6OS. The number of rotatable bonds is 4. The Morgan fingerprint density at radius 2 is 2.04 bits per heavy atom. The summed E-state index contributed by atoms with van der Waals surface area (Å²) in [5, 5.41) is 5.98. The first-order chi connectivity index (χ1) is 11.9. The maximum Gasteiger partial charge on any atom is 0.447 e. The second-order valence-corrected chi connectivity index (χ2v) is 5.66. The summed E-state index contributed by atoms with van der Waals surface area (Å²) in [6, 6.07) is 5.79. The lowest BCUT2D eigenvalue weighted by Crippen LogP contribution is -2.15. The van der Waals surface area contributed by atoms with Crippen molar-refractivity contribution in [3.63, 3.8) is 0 Å². The fourth-order valence-electron chi connectivity index (χ4n) is 1.88. The fourth-order valence-corrected chi connectivity index (χ4v) is 2.48. The van der Waals surface area contributed by atoms with E-state index in [4.69, 9.17) is 0 Å². The van der Waals surface area contributed by atoms with Gasteiger partial charge in [-0.25, -0.2) is 19.6 Å². The number of carbonyl (C=O) groups is 1. The number of halogens is 3. The summed E-state index contributed by atoms with van der Waals surface area (Å²) in [6.45, 7) is 0. The quantitative estimate of drug-likeness (QED) is 0.715. The molecule has 0 spiro atoms. The molecule has 7 nitrogen and oxygen atoms in total. The number of hydrogen-bond acceptors (Lipinski definition) is 6. The predicted molar refractivity (Wildman–Crippen MR) is 83.3 cm³/mol. The molecule has 0 fully saturated rings. The standard InChI is InChI=1S/C14H9F3N6OS/c15-14(16,17)25-13-10(2-1-5-19-13)12(24)22-9-3-4-11(20-6-9)23-8-18-7-21-23/h1-8H,(H,22,24). The van der Waals surface area contributed by atoms with E-state index in [1.807, 2.05) is 0 Å². The highest BCUT2D eigenvalue weighted by Gasteiger charge is 2.32. The topological polar surface area (TPSA) is 85.6 Å². The predicted octanol–water partition coefficient (Wildman–Crippen LogP) is 2.92. The Hall–Kier alpha value is -2.95. The molecule has 0 unspecified atom stereocenters. The third-order valence-corrected chi connectivity index (χ3v) is 3.64. The summed E-state index contributed by atoms with van der Waals surface area (Å²) in [5.41, 5.74) is -4.39. The molecular weight excluding hydrogens is 357 g/mol. The van der Waals surface area contributed by atoms with E-state index in [1.165, 1.54) is 41.9 Å². The molecule has 0 radical (unpaired) electrons. The van der Waals surface area contributed by atoms with Gasteiger partial charge in [0.25, 0.3) is 5.91 Å². The van der Waals surface area contributed by atoms with Gasteiger partial charge in [-0.3, -0.25) is 4.79 Å². The van der Waals surface area contributed by atoms with Gasteiger partial charge >= 0.3 is 5.51 Å². The van der Waals surface area contributed by atoms with Crippen LogP contribution in [0.3, 0.4) is 0 Å². The van der Waals surface area contributed by atoms with Crippen molar-refractivity contribution in [2.24, 2.45) is 0 Å². The molecule has 25 heavy (non-hydrogen) atoms. The molecule has 11 heteroatoms. The number of carbonyl (C=O) groups excluding carboxylic acids is 1. The minimum absolute atomic E-state index is 0.176. The number of pyridine rings is 2. The molecule has 0 aliphatic rings. The molecule has 1 amide bonds. The Morgan fingerprint density at radius 1 is 1.20 bits per heavy atom. The molecule has 128 valence electrons. The highest BCUT2D eigenvalue weighted by molar-refractivity contribution is 8.00. The van der Waals surface area contributed by atoms with Gasteiger partial charge in [0, 0.05) is 18.0 Å². The van der Waals surface area contributed by atoms with Crippen LogP contribution < -0.4 is 5.32 Å². The van der Waals surface area contributed by atoms with Crippen molar-refractivity contribution in [2.75, 3.05) is 5.32 Å². The van der Waals surface area contributed by atoms with E-state index >= 15 is 0 Å². The molecule has 3 aromatic heterocycles. The average molecular weight is 366 g/mol. The summed E-state index contributed by atoms with van der Waals surface area (Å²) in [7, 11) is 0. The first-order valence-electron chi connectivity index (χ1n) is 6.75. The summed E-state index contributed by atoms with van der Waals surface area (Å²) in [5.74, 6) is -0.236. The highest BCUT2D eigenvalue weighted by atomic mass is 32.2. The van der Waals surface area contributed by atoms with Crippen molar-refractivity contribution in [3.8, 4) is 5.82 Å². The van der Waals surface area contributed by atoms with E-state index < -0.39 is 28.2 Å². The van der Waals surface area contributed by atoms with Gasteiger partial charge in [-0.15, -0.1) is 0 Å². The van der Waals surface area contributed by atoms with Crippen LogP contribution in [0.15, 0.2) is 54.3 Å². The van der Waals surface area contributed by atoms with Gasteiger partial charge < -0.3 is 5.32 Å². The number of nitrogens with one attached hydrogen (secondary N) is 1. The Morgan fingerprint density at radius 3 is 2.68 bits per heavy atom. The van der Waals surface area contributed by atoms with Crippen molar-refractivity contribution in [2.45, 2.75) is 10.5 Å². The Bertz CT molecular complexity index is 867. The zero-order valence-corrected chi connectivity index (χ0v) is 13.1. The van der Waals surface area contributed by atoms with Crippen LogP contribution in [0.5, 0.6) is 0 Å². The van der Waals surface area contributed by atoms with Crippen LogP contribution in [0.1, 0.15) is 10.4 Å². The maximum absolute atomic E-state index is 12.6. The van der Waals surface area contributed by atoms with E-state index in [0.717, 1.165) is 0 Å². The Labute approximate surface area is 143 Å². The normalized spacial score (nSPS) is 11.3. The van der Waals surface area contributed by atoms with Crippen molar-refractivity contribution in [3.05, 3.63) is 54.9 Å². The summed E-state index contributed by atoms with van der Waals surface area (Å²) >= 11 is -0.439. The third-order valence-electron chi connectivity index (χ3n) is 2.89. The van der Waals surface area contributed by atoms with Crippen LogP contribution >= 0.6 is 11.8 Å². The summed E-state index contributed by atoms with van der Waals surface area (Å²) < 4.78 is 39.1. The van der Waals surface area contributed by atoms with Crippen LogP contribution in [0.2, 0.25) is 0 Å². The zero-order chi connectivity index (χ0) is 17.9. The van der Waals surface area contributed by atoms with E-state index in [1.54, 1.807) is 12.1 Å². The molecule has 0 bridgehead atoms. The van der Waals surface area contributed by atoms with E-state index in [2.05, 4.69) is 25.4 Å². The number of hydrogen-bond donors (Lipinski definition) is 1. The monoisotopic (exact) mass is 366 g/mol. The smallest absolute Gasteiger partial charge is 0.321 e. The Balaban J connectivity index is 1.76. The number of nitrogens with zero attached hydrogens (tertiary/aromatic N) is 5. The maximum atomic E-state index is 12.6. The summed E-state index contributed by atoms with van der Waals surface area (Å²) in [6.07, 6.45) is 5.36. The van der Waals surface area contributed by atoms with Gasteiger partial charge in [0.1, 0.15) is 17.7 Å². The van der Waals surface area contributed by atoms with Gasteiger partial charge in [-0.05, 0) is 24.3 Å². The van der Waals surface area contributed by atoms with E-state index in [9.17, 15) is 18.0 Å². The summed E-state index contributed by atoms with van der Waals surface area (Å²) in [4.78, 5) is 23.8. The van der Waals surface area contributed by atoms with Gasteiger partial charge in [0.2, 0.25) is 0 Å². The number of amides is 1. The van der Waals surface area contributed by atoms with Gasteiger partial charge in [0.15, 0.2) is 5.82 Å². The molecule has 3 rings (SSSR count). The molecule has 0 aromatic carbocycles. The van der Waals surface area contributed by atoms with Crippen molar-refractivity contribution >= 4 is 23.4 Å². The van der Waals surface area contributed by atoms with Crippen molar-refractivity contribution in [1.29, 1.82) is 0 Å². The Kier molecular flexibility index (Phi) is 4.65. The molecule has 3 heterocycles. The van der Waals surface area contributed by atoms with Crippen LogP contribution in [-0.2, 0) is 0 Å². The second kappa shape index (κ2) is 6.89. The number of alkyl halides is 3. The van der Waals surface area contributed by atoms with Crippen molar-refractivity contribution in [1.82, 2.24) is 24.7 Å². The minimum Gasteiger partial charge on any atom is -0.321 e.